The van der Waals surface area contributed by atoms with Crippen LogP contribution in [0.3, 0.4) is 0 Å². The number of rotatable bonds is 5. The maximum Gasteiger partial charge on any atom is 0.199 e. The number of ketones is 1. The summed E-state index contributed by atoms with van der Waals surface area (Å²) in [5.41, 5.74) is 0.836. The van der Waals surface area contributed by atoms with Crippen molar-refractivity contribution in [3.8, 4) is 0 Å². The van der Waals surface area contributed by atoms with Crippen molar-refractivity contribution in [2.75, 3.05) is 26.0 Å². The minimum atomic E-state index is 0.0415. The highest BCUT2D eigenvalue weighted by Gasteiger charge is 2.23. The Hall–Kier alpha value is -1.36. The van der Waals surface area contributed by atoms with Gasteiger partial charge in [-0.25, -0.2) is 4.98 Å². The zero-order valence-corrected chi connectivity index (χ0v) is 13.5. The molecule has 110 valence electrons. The maximum atomic E-state index is 12.2. The summed E-state index contributed by atoms with van der Waals surface area (Å²) in [6.07, 6.45) is 8.47. The number of nitrogens with zero attached hydrogens (tertiary/aromatic N) is 3. The van der Waals surface area contributed by atoms with Crippen LogP contribution in [0.2, 0.25) is 0 Å². The molecule has 0 aromatic carbocycles. The van der Waals surface area contributed by atoms with Crippen molar-refractivity contribution in [2.24, 2.45) is 0 Å². The molecule has 1 heterocycles. The van der Waals surface area contributed by atoms with Gasteiger partial charge in [0.2, 0.25) is 0 Å². The van der Waals surface area contributed by atoms with Gasteiger partial charge >= 0.3 is 0 Å². The topological polar surface area (TPSA) is 36.4 Å². The monoisotopic (exact) mass is 293 g/mol. The quantitative estimate of drug-likeness (QED) is 0.617. The van der Waals surface area contributed by atoms with Crippen molar-refractivity contribution in [1.29, 1.82) is 0 Å². The number of carbonyl (C=O) groups is 1. The largest absolute Gasteiger partial charge is 0.383 e. The van der Waals surface area contributed by atoms with Gasteiger partial charge in [-0.05, 0) is 19.8 Å². The predicted molar refractivity (Wildman–Crippen MR) is 84.7 cm³/mol. The van der Waals surface area contributed by atoms with Crippen molar-refractivity contribution in [2.45, 2.75) is 38.6 Å². The smallest absolute Gasteiger partial charge is 0.199 e. The minimum absolute atomic E-state index is 0.0415. The lowest BCUT2D eigenvalue weighted by molar-refractivity contribution is 0.104. The van der Waals surface area contributed by atoms with Crippen LogP contribution in [-0.2, 0) is 0 Å². The predicted octanol–water partition coefficient (Wildman–Crippen LogP) is 3.09. The molecule has 0 N–H and O–H groups in total. The molecule has 0 unspecified atom stereocenters. The second kappa shape index (κ2) is 6.39. The van der Waals surface area contributed by atoms with Crippen molar-refractivity contribution in [3.05, 3.63) is 22.8 Å². The maximum absolute atomic E-state index is 12.2. The molecule has 20 heavy (non-hydrogen) atoms. The van der Waals surface area contributed by atoms with Crippen LogP contribution in [0.4, 0.5) is 5.13 Å². The SMILES string of the molecule is Cc1nc(N(C)C2CCCC2)sc1C(=O)/C=C/N(C)C. The molecule has 0 saturated heterocycles. The molecule has 1 fully saturated rings. The summed E-state index contributed by atoms with van der Waals surface area (Å²) >= 11 is 1.51. The number of anilines is 1. The molecule has 1 aromatic heterocycles. The Morgan fingerprint density at radius 2 is 1.95 bits per heavy atom. The summed E-state index contributed by atoms with van der Waals surface area (Å²) < 4.78 is 0. The van der Waals surface area contributed by atoms with Crippen LogP contribution in [0.5, 0.6) is 0 Å². The lowest BCUT2D eigenvalue weighted by Gasteiger charge is -2.23. The second-order valence-corrected chi connectivity index (χ2v) is 6.58. The van der Waals surface area contributed by atoms with E-state index in [1.165, 1.54) is 37.0 Å². The summed E-state index contributed by atoms with van der Waals surface area (Å²) in [6.45, 7) is 1.92. The van der Waals surface area contributed by atoms with Crippen molar-refractivity contribution < 1.29 is 4.79 Å². The van der Waals surface area contributed by atoms with E-state index in [-0.39, 0.29) is 5.78 Å². The Bertz CT molecular complexity index is 501. The molecule has 0 bridgehead atoms. The summed E-state index contributed by atoms with van der Waals surface area (Å²) in [5.74, 6) is 0.0415. The van der Waals surface area contributed by atoms with Gasteiger partial charge in [0.1, 0.15) is 0 Å². The van der Waals surface area contributed by atoms with Crippen molar-refractivity contribution in [1.82, 2.24) is 9.88 Å². The van der Waals surface area contributed by atoms with Gasteiger partial charge in [-0.15, -0.1) is 0 Å². The van der Waals surface area contributed by atoms with E-state index in [1.807, 2.05) is 25.9 Å². The molecule has 1 aromatic rings. The first-order valence-electron chi connectivity index (χ1n) is 7.08. The molecule has 4 nitrogen and oxygen atoms in total. The fraction of sp³-hybridized carbons (Fsp3) is 0.600. The Balaban J connectivity index is 2.14. The van der Waals surface area contributed by atoms with E-state index in [4.69, 9.17) is 0 Å². The molecular formula is C15H23N3OS. The third-order valence-electron chi connectivity index (χ3n) is 3.71. The summed E-state index contributed by atoms with van der Waals surface area (Å²) in [4.78, 5) is 21.6. The van der Waals surface area contributed by atoms with Crippen LogP contribution in [0, 0.1) is 6.92 Å². The first-order valence-corrected chi connectivity index (χ1v) is 7.90. The van der Waals surface area contributed by atoms with Gasteiger partial charge < -0.3 is 9.80 Å². The zero-order valence-electron chi connectivity index (χ0n) is 12.7. The number of hydrogen-bond donors (Lipinski definition) is 0. The molecule has 0 amide bonds. The van der Waals surface area contributed by atoms with Crippen LogP contribution >= 0.6 is 11.3 Å². The molecule has 0 atom stereocenters. The Kier molecular flexibility index (Phi) is 4.81. The summed E-state index contributed by atoms with van der Waals surface area (Å²) in [7, 11) is 5.91. The third kappa shape index (κ3) is 3.39. The van der Waals surface area contributed by atoms with Gasteiger partial charge in [-0.3, -0.25) is 4.79 Å². The van der Waals surface area contributed by atoms with Crippen molar-refractivity contribution >= 4 is 22.3 Å². The lowest BCUT2D eigenvalue weighted by atomic mass is 10.2. The zero-order chi connectivity index (χ0) is 14.7. The van der Waals surface area contributed by atoms with E-state index in [9.17, 15) is 4.79 Å². The van der Waals surface area contributed by atoms with Crippen LogP contribution in [0.25, 0.3) is 0 Å². The molecule has 0 spiro atoms. The van der Waals surface area contributed by atoms with Crippen LogP contribution in [0.1, 0.15) is 41.0 Å². The van der Waals surface area contributed by atoms with Crippen LogP contribution < -0.4 is 4.90 Å². The van der Waals surface area contributed by atoms with E-state index in [0.717, 1.165) is 15.7 Å². The van der Waals surface area contributed by atoms with Gasteiger partial charge in [0.05, 0.1) is 10.6 Å². The molecule has 1 aliphatic rings. The highest BCUT2D eigenvalue weighted by atomic mass is 32.1. The van der Waals surface area contributed by atoms with E-state index >= 15 is 0 Å². The fourth-order valence-electron chi connectivity index (χ4n) is 2.50. The number of allylic oxidation sites excluding steroid dienone is 1. The van der Waals surface area contributed by atoms with E-state index < -0.39 is 0 Å². The Labute approximate surface area is 125 Å². The second-order valence-electron chi connectivity index (χ2n) is 5.60. The van der Waals surface area contributed by atoms with Crippen LogP contribution in [-0.4, -0.2) is 42.9 Å². The number of thiazole rings is 1. The van der Waals surface area contributed by atoms with Gasteiger partial charge in [-0.1, -0.05) is 24.2 Å². The normalized spacial score (nSPS) is 16.0. The summed E-state index contributed by atoms with van der Waals surface area (Å²) in [6, 6.07) is 0.584. The first kappa shape index (κ1) is 15.0. The number of aryl methyl sites for hydroxylation is 1. The number of hydrogen-bond acceptors (Lipinski definition) is 5. The van der Waals surface area contributed by atoms with Gasteiger partial charge in [0.25, 0.3) is 0 Å². The highest BCUT2D eigenvalue weighted by Crippen LogP contribution is 2.31. The molecule has 0 radical (unpaired) electrons. The van der Waals surface area contributed by atoms with Gasteiger partial charge in [0.15, 0.2) is 10.9 Å². The molecule has 1 aliphatic carbocycles. The number of aromatic nitrogens is 1. The van der Waals surface area contributed by atoms with Crippen molar-refractivity contribution in [3.63, 3.8) is 0 Å². The lowest BCUT2D eigenvalue weighted by Crippen LogP contribution is -2.28. The van der Waals surface area contributed by atoms with E-state index in [1.54, 1.807) is 12.3 Å². The van der Waals surface area contributed by atoms with Gasteiger partial charge in [0, 0.05) is 39.5 Å². The summed E-state index contributed by atoms with van der Waals surface area (Å²) in [5, 5.41) is 0.969. The average molecular weight is 293 g/mol. The third-order valence-corrected chi connectivity index (χ3v) is 4.97. The average Bonchev–Trinajstić information content (AvgIpc) is 3.04. The standard InChI is InChI=1S/C15H23N3OS/c1-11-14(13(19)9-10-17(2)3)20-15(16-11)18(4)12-7-5-6-8-12/h9-10,12H,5-8H2,1-4H3/b10-9+. The molecular weight excluding hydrogens is 270 g/mol. The number of carbonyl (C=O) groups excluding carboxylic acids is 1. The first-order chi connectivity index (χ1) is 9.49. The molecule has 5 heteroatoms. The molecule has 0 aliphatic heterocycles. The van der Waals surface area contributed by atoms with E-state index in [0.29, 0.717) is 6.04 Å². The Morgan fingerprint density at radius 1 is 1.30 bits per heavy atom. The highest BCUT2D eigenvalue weighted by molar-refractivity contribution is 7.17. The molecule has 2 rings (SSSR count). The Morgan fingerprint density at radius 3 is 2.55 bits per heavy atom. The minimum Gasteiger partial charge on any atom is -0.383 e. The van der Waals surface area contributed by atoms with Crippen LogP contribution in [0.15, 0.2) is 12.3 Å². The molecule has 1 saturated carbocycles. The van der Waals surface area contributed by atoms with Gasteiger partial charge in [-0.2, -0.15) is 0 Å². The van der Waals surface area contributed by atoms with E-state index in [2.05, 4.69) is 16.9 Å². The fourth-order valence-corrected chi connectivity index (χ4v) is 3.52.